The van der Waals surface area contributed by atoms with Gasteiger partial charge in [0.1, 0.15) is 6.61 Å². The maximum absolute atomic E-state index is 13.5. The monoisotopic (exact) mass is 531 g/mol. The minimum Gasteiger partial charge on any atom is -0.503 e. The molecule has 1 aliphatic rings. The number of rotatable bonds is 10. The molecule has 0 radical (unpaired) electrons. The first-order valence-corrected chi connectivity index (χ1v) is 13.0. The van der Waals surface area contributed by atoms with Gasteiger partial charge in [0.25, 0.3) is 5.91 Å². The molecule has 6 heteroatoms. The van der Waals surface area contributed by atoms with Crippen molar-refractivity contribution in [2.45, 2.75) is 19.2 Å². The summed E-state index contributed by atoms with van der Waals surface area (Å²) < 4.78 is 11.6. The summed E-state index contributed by atoms with van der Waals surface area (Å²) in [6.07, 6.45) is 3.06. The van der Waals surface area contributed by atoms with Gasteiger partial charge in [-0.05, 0) is 40.5 Å². The summed E-state index contributed by atoms with van der Waals surface area (Å²) >= 11 is 0. The number of hydrogen-bond donors (Lipinski definition) is 1. The van der Waals surface area contributed by atoms with Crippen molar-refractivity contribution < 1.29 is 24.2 Å². The smallest absolute Gasteiger partial charge is 0.290 e. The molecule has 1 N–H and O–H groups in total. The van der Waals surface area contributed by atoms with Crippen LogP contribution in [-0.2, 0) is 22.7 Å². The van der Waals surface area contributed by atoms with Crippen LogP contribution >= 0.6 is 0 Å². The molecule has 0 fully saturated rings. The largest absolute Gasteiger partial charge is 0.503 e. The van der Waals surface area contributed by atoms with E-state index in [0.717, 1.165) is 16.7 Å². The highest BCUT2D eigenvalue weighted by atomic mass is 16.5. The predicted octanol–water partition coefficient (Wildman–Crippen LogP) is 6.45. The first-order chi connectivity index (χ1) is 19.5. The molecule has 6 nitrogen and oxygen atoms in total. The number of carbonyl (C=O) groups excluding carboxylic acids is 2. The molecule has 4 aromatic carbocycles. The summed E-state index contributed by atoms with van der Waals surface area (Å²) in [6, 6.07) is 33.1. The van der Waals surface area contributed by atoms with Gasteiger partial charge in [-0.1, -0.05) is 103 Å². The molecule has 1 amide bonds. The number of carbonyl (C=O) groups is 2. The number of amides is 1. The summed E-state index contributed by atoms with van der Waals surface area (Å²) in [7, 11) is 1.54. The van der Waals surface area contributed by atoms with Crippen LogP contribution in [0.1, 0.15) is 28.3 Å². The summed E-state index contributed by atoms with van der Waals surface area (Å²) in [5, 5.41) is 11.0. The Labute approximate surface area is 233 Å². The third-order valence-electron chi connectivity index (χ3n) is 6.73. The number of methoxy groups -OCH3 is 1. The number of aliphatic hydroxyl groups excluding tert-OH is 1. The highest BCUT2D eigenvalue weighted by molar-refractivity contribution is 6.14. The van der Waals surface area contributed by atoms with Crippen molar-refractivity contribution in [1.82, 2.24) is 4.90 Å². The Bertz CT molecular complexity index is 1550. The summed E-state index contributed by atoms with van der Waals surface area (Å²) in [6.45, 7) is 0.565. The van der Waals surface area contributed by atoms with Gasteiger partial charge in [0.15, 0.2) is 23.0 Å². The predicted molar refractivity (Wildman–Crippen MR) is 154 cm³/mol. The lowest BCUT2D eigenvalue weighted by atomic mass is 9.95. The van der Waals surface area contributed by atoms with Crippen LogP contribution < -0.4 is 9.47 Å². The molecule has 0 aromatic heterocycles. The van der Waals surface area contributed by atoms with E-state index >= 15 is 0 Å². The summed E-state index contributed by atoms with van der Waals surface area (Å²) in [5.41, 5.74) is 3.35. The third-order valence-corrected chi connectivity index (χ3v) is 6.73. The van der Waals surface area contributed by atoms with Crippen LogP contribution in [0.15, 0.2) is 127 Å². The van der Waals surface area contributed by atoms with Gasteiger partial charge in [-0.15, -0.1) is 0 Å². The number of ketones is 1. The van der Waals surface area contributed by atoms with Gasteiger partial charge in [-0.25, -0.2) is 0 Å². The zero-order valence-corrected chi connectivity index (χ0v) is 22.1. The van der Waals surface area contributed by atoms with Crippen molar-refractivity contribution in [1.29, 1.82) is 0 Å². The number of aliphatic hydroxyl groups is 1. The fraction of sp³-hybridized carbons (Fsp3) is 0.118. The van der Waals surface area contributed by atoms with Crippen molar-refractivity contribution in [3.63, 3.8) is 0 Å². The van der Waals surface area contributed by atoms with E-state index in [4.69, 9.17) is 9.47 Å². The molecule has 40 heavy (non-hydrogen) atoms. The third kappa shape index (κ3) is 5.81. The van der Waals surface area contributed by atoms with Crippen LogP contribution in [0.5, 0.6) is 11.5 Å². The second kappa shape index (κ2) is 12.2. The average molecular weight is 532 g/mol. The summed E-state index contributed by atoms with van der Waals surface area (Å²) in [4.78, 5) is 28.4. The van der Waals surface area contributed by atoms with Crippen LogP contribution in [0.25, 0.3) is 6.08 Å². The molecular weight excluding hydrogens is 502 g/mol. The molecule has 1 aliphatic heterocycles. The van der Waals surface area contributed by atoms with Crippen LogP contribution in [0.4, 0.5) is 0 Å². The molecule has 5 rings (SSSR count). The van der Waals surface area contributed by atoms with Crippen molar-refractivity contribution in [3.05, 3.63) is 149 Å². The molecule has 0 spiro atoms. The average Bonchev–Trinajstić information content (AvgIpc) is 3.25. The number of allylic oxidation sites excluding steroid dienone is 1. The first kappa shape index (κ1) is 26.5. The lowest BCUT2D eigenvalue weighted by molar-refractivity contribution is -0.130. The van der Waals surface area contributed by atoms with Crippen LogP contribution in [0.3, 0.4) is 0 Å². The SMILES string of the molecule is COc1cc(C2C(C(=O)C=Cc3ccccc3)=C(O)C(=O)N2Cc2ccccc2)ccc1OCc1ccccc1. The second-order valence-electron chi connectivity index (χ2n) is 9.38. The zero-order chi connectivity index (χ0) is 27.9. The van der Waals surface area contributed by atoms with Gasteiger partial charge in [0.2, 0.25) is 0 Å². The highest BCUT2D eigenvalue weighted by Crippen LogP contribution is 2.42. The fourth-order valence-corrected chi connectivity index (χ4v) is 4.73. The number of ether oxygens (including phenoxy) is 2. The lowest BCUT2D eigenvalue weighted by Crippen LogP contribution is -2.30. The molecule has 0 aliphatic carbocycles. The van der Waals surface area contributed by atoms with Crippen LogP contribution in [0, 0.1) is 0 Å². The van der Waals surface area contributed by atoms with Crippen molar-refractivity contribution in [2.24, 2.45) is 0 Å². The molecule has 200 valence electrons. The van der Waals surface area contributed by atoms with E-state index in [1.807, 2.05) is 91.0 Å². The van der Waals surface area contributed by atoms with Crippen molar-refractivity contribution in [3.8, 4) is 11.5 Å². The maximum Gasteiger partial charge on any atom is 0.290 e. The highest BCUT2D eigenvalue weighted by Gasteiger charge is 2.43. The van der Waals surface area contributed by atoms with Gasteiger partial charge < -0.3 is 19.5 Å². The molecule has 1 unspecified atom stereocenters. The summed E-state index contributed by atoms with van der Waals surface area (Å²) in [5.74, 6) is -0.614. The molecular formula is C34H29NO5. The van der Waals surface area contributed by atoms with Crippen LogP contribution in [-0.4, -0.2) is 28.8 Å². The van der Waals surface area contributed by atoms with E-state index in [2.05, 4.69) is 0 Å². The van der Waals surface area contributed by atoms with Gasteiger partial charge in [-0.3, -0.25) is 9.59 Å². The first-order valence-electron chi connectivity index (χ1n) is 13.0. The van der Waals surface area contributed by atoms with Gasteiger partial charge in [0, 0.05) is 6.54 Å². The van der Waals surface area contributed by atoms with E-state index in [1.54, 1.807) is 24.3 Å². The van der Waals surface area contributed by atoms with Crippen molar-refractivity contribution in [2.75, 3.05) is 7.11 Å². The Morgan fingerprint density at radius 1 is 0.850 bits per heavy atom. The Hall–Kier alpha value is -5.10. The molecule has 0 bridgehead atoms. The lowest BCUT2D eigenvalue weighted by Gasteiger charge is -2.27. The molecule has 0 saturated heterocycles. The fourth-order valence-electron chi connectivity index (χ4n) is 4.73. The Balaban J connectivity index is 1.50. The number of hydrogen-bond acceptors (Lipinski definition) is 5. The van der Waals surface area contributed by atoms with E-state index in [9.17, 15) is 14.7 Å². The van der Waals surface area contributed by atoms with E-state index in [0.29, 0.717) is 23.7 Å². The molecule has 4 aromatic rings. The quantitative estimate of drug-likeness (QED) is 0.238. The van der Waals surface area contributed by atoms with Gasteiger partial charge >= 0.3 is 0 Å². The van der Waals surface area contributed by atoms with E-state index in [1.165, 1.54) is 18.1 Å². The molecule has 1 atom stereocenters. The van der Waals surface area contributed by atoms with E-state index < -0.39 is 23.5 Å². The number of benzene rings is 4. The molecule has 0 saturated carbocycles. The van der Waals surface area contributed by atoms with Gasteiger partial charge in [0.05, 0.1) is 18.7 Å². The Kier molecular flexibility index (Phi) is 8.07. The Morgan fingerprint density at radius 2 is 1.48 bits per heavy atom. The zero-order valence-electron chi connectivity index (χ0n) is 22.1. The standard InChI is InChI=1S/C34H29NO5/c1-39-30-21-27(18-20-29(30)40-23-26-15-9-4-10-16-26)32-31(28(36)19-17-24-11-5-2-6-12-24)33(37)34(38)35(32)22-25-13-7-3-8-14-25/h2-21,32,37H,22-23H2,1H3. The second-order valence-corrected chi connectivity index (χ2v) is 9.38. The normalized spacial score (nSPS) is 15.1. The maximum atomic E-state index is 13.5. The van der Waals surface area contributed by atoms with Crippen molar-refractivity contribution >= 4 is 17.8 Å². The number of nitrogens with zero attached hydrogens (tertiary/aromatic N) is 1. The van der Waals surface area contributed by atoms with Gasteiger partial charge in [-0.2, -0.15) is 0 Å². The minimum atomic E-state index is -0.822. The molecule has 1 heterocycles. The Morgan fingerprint density at radius 3 is 2.12 bits per heavy atom. The van der Waals surface area contributed by atoms with Crippen LogP contribution in [0.2, 0.25) is 0 Å². The van der Waals surface area contributed by atoms with E-state index in [-0.39, 0.29) is 12.1 Å². The topological polar surface area (TPSA) is 76.1 Å². The minimum absolute atomic E-state index is 0.0214.